The van der Waals surface area contributed by atoms with Gasteiger partial charge in [-0.15, -0.1) is 0 Å². The van der Waals surface area contributed by atoms with Gasteiger partial charge < -0.3 is 24.2 Å². The number of hydrogen-bond donors (Lipinski definition) is 1. The van der Waals surface area contributed by atoms with Gasteiger partial charge in [-0.3, -0.25) is 9.78 Å². The van der Waals surface area contributed by atoms with Gasteiger partial charge in [-0.05, 0) is 23.8 Å². The smallest absolute Gasteiger partial charge is 0.231 e. The van der Waals surface area contributed by atoms with E-state index >= 15 is 0 Å². The number of aromatic nitrogens is 1. The molecule has 148 valence electrons. The molecule has 2 heterocycles. The molecular formula is C21H24N2O5. The molecule has 28 heavy (non-hydrogen) atoms. The van der Waals surface area contributed by atoms with Crippen molar-refractivity contribution in [1.29, 1.82) is 0 Å². The van der Waals surface area contributed by atoms with Crippen LogP contribution in [-0.2, 0) is 16.0 Å². The van der Waals surface area contributed by atoms with Gasteiger partial charge in [0.1, 0.15) is 25.4 Å². The van der Waals surface area contributed by atoms with Crippen LogP contribution in [0.1, 0.15) is 21.5 Å². The Kier molecular flexibility index (Phi) is 6.76. The Morgan fingerprint density at radius 2 is 1.93 bits per heavy atom. The molecule has 1 aliphatic heterocycles. The van der Waals surface area contributed by atoms with Gasteiger partial charge in [-0.1, -0.05) is 17.9 Å². The number of benzene rings is 1. The van der Waals surface area contributed by atoms with Crippen molar-refractivity contribution in [2.75, 3.05) is 40.5 Å². The number of ether oxygens (including phenoxy) is 3. The molecule has 7 heteroatoms. The van der Waals surface area contributed by atoms with Crippen molar-refractivity contribution in [2.45, 2.75) is 6.54 Å². The molecule has 0 unspecified atom stereocenters. The normalized spacial score (nSPS) is 14.5. The van der Waals surface area contributed by atoms with Gasteiger partial charge in [-0.2, -0.15) is 0 Å². The third-order valence-corrected chi connectivity index (χ3v) is 4.63. The largest absolute Gasteiger partial charge is 0.872 e. The van der Waals surface area contributed by atoms with Crippen LogP contribution >= 0.6 is 0 Å². The first kappa shape index (κ1) is 20.0. The third kappa shape index (κ3) is 4.56. The second-order valence-electron chi connectivity index (χ2n) is 6.56. The van der Waals surface area contributed by atoms with Crippen LogP contribution in [0.15, 0.2) is 42.4 Å². The molecule has 0 radical (unpaired) electrons. The van der Waals surface area contributed by atoms with Crippen molar-refractivity contribution in [3.05, 3.63) is 59.1 Å². The molecule has 0 fully saturated rings. The minimum absolute atomic E-state index is 0.137. The maximum Gasteiger partial charge on any atom is 0.231 e. The number of ketones is 1. The summed E-state index contributed by atoms with van der Waals surface area (Å²) in [5.41, 5.74) is 1.68. The molecule has 2 aromatic rings. The Labute approximate surface area is 164 Å². The predicted octanol–water partition coefficient (Wildman–Crippen LogP) is 0.449. The first-order valence-corrected chi connectivity index (χ1v) is 9.12. The summed E-state index contributed by atoms with van der Waals surface area (Å²) in [5.74, 6) is 0.196. The van der Waals surface area contributed by atoms with Crippen molar-refractivity contribution < 1.29 is 29.0 Å². The van der Waals surface area contributed by atoms with E-state index in [1.54, 1.807) is 38.8 Å². The number of carbonyl (C=O) groups is 1. The second kappa shape index (κ2) is 9.45. The monoisotopic (exact) mass is 384 g/mol. The number of Topliss-reactive ketones (excluding diaryl/α,β-unsaturated/α-hetero) is 1. The van der Waals surface area contributed by atoms with Gasteiger partial charge in [-0.25, -0.2) is 0 Å². The van der Waals surface area contributed by atoms with Crippen molar-refractivity contribution in [2.24, 2.45) is 0 Å². The van der Waals surface area contributed by atoms with Crippen LogP contribution in [0.3, 0.4) is 0 Å². The fourth-order valence-corrected chi connectivity index (χ4v) is 3.11. The summed E-state index contributed by atoms with van der Waals surface area (Å²) in [4.78, 5) is 17.9. The number of fused-ring (bicyclic) bond motifs is 1. The lowest BCUT2D eigenvalue weighted by Gasteiger charge is -2.23. The van der Waals surface area contributed by atoms with E-state index in [1.807, 2.05) is 6.07 Å². The highest BCUT2D eigenvalue weighted by Crippen LogP contribution is 2.38. The Morgan fingerprint density at radius 3 is 2.57 bits per heavy atom. The zero-order chi connectivity index (χ0) is 19.9. The summed E-state index contributed by atoms with van der Waals surface area (Å²) in [5, 5.41) is 12.5. The SMILES string of the molecule is COCC[NH+](CCOC)Cc1c([O-])ccc2c1O/C(=C\c1cccnc1)C2=O. The van der Waals surface area contributed by atoms with Crippen LogP contribution in [-0.4, -0.2) is 51.3 Å². The zero-order valence-electron chi connectivity index (χ0n) is 16.1. The van der Waals surface area contributed by atoms with Gasteiger partial charge in [0.2, 0.25) is 5.78 Å². The molecule has 0 saturated heterocycles. The maximum atomic E-state index is 12.7. The summed E-state index contributed by atoms with van der Waals surface area (Å²) in [6.07, 6.45) is 4.95. The van der Waals surface area contributed by atoms with Crippen LogP contribution in [0.5, 0.6) is 11.5 Å². The number of allylic oxidation sites excluding steroid dienone is 1. The molecule has 3 rings (SSSR count). The van der Waals surface area contributed by atoms with E-state index in [0.717, 1.165) is 23.6 Å². The highest BCUT2D eigenvalue weighted by molar-refractivity contribution is 6.14. The highest BCUT2D eigenvalue weighted by Gasteiger charge is 2.31. The van der Waals surface area contributed by atoms with E-state index in [2.05, 4.69) is 4.98 Å². The number of carbonyl (C=O) groups excluding carboxylic acids is 1. The van der Waals surface area contributed by atoms with E-state index in [4.69, 9.17) is 14.2 Å². The quantitative estimate of drug-likeness (QED) is 0.632. The van der Waals surface area contributed by atoms with Gasteiger partial charge >= 0.3 is 0 Å². The fourth-order valence-electron chi connectivity index (χ4n) is 3.11. The van der Waals surface area contributed by atoms with Crippen molar-refractivity contribution in [1.82, 2.24) is 4.98 Å². The lowest BCUT2D eigenvalue weighted by molar-refractivity contribution is -0.914. The first-order chi connectivity index (χ1) is 13.6. The van der Waals surface area contributed by atoms with Crippen molar-refractivity contribution in [3.63, 3.8) is 0 Å². The number of pyridine rings is 1. The standard InChI is InChI=1S/C21H24N2O5/c1-26-10-8-23(9-11-27-2)14-17-18(24)6-5-16-20(25)19(28-21(16)17)12-15-4-3-7-22-13-15/h3-7,12-13,24H,8-11,14H2,1-2H3/b19-12-. The Hall–Kier alpha value is -2.74. The summed E-state index contributed by atoms with van der Waals surface area (Å²) in [6, 6.07) is 6.60. The van der Waals surface area contributed by atoms with E-state index in [1.165, 1.54) is 12.1 Å². The number of rotatable bonds is 9. The topological polar surface area (TPSA) is 85.2 Å². The van der Waals surface area contributed by atoms with Crippen LogP contribution in [0, 0.1) is 0 Å². The Balaban J connectivity index is 1.88. The minimum Gasteiger partial charge on any atom is -0.872 e. The molecule has 0 bridgehead atoms. The van der Waals surface area contributed by atoms with Crippen LogP contribution in [0.2, 0.25) is 0 Å². The number of nitrogens with one attached hydrogen (secondary N) is 1. The minimum atomic E-state index is -0.226. The van der Waals surface area contributed by atoms with Crippen molar-refractivity contribution >= 4 is 11.9 Å². The molecule has 0 saturated carbocycles. The molecule has 1 aromatic carbocycles. The molecule has 1 N–H and O–H groups in total. The first-order valence-electron chi connectivity index (χ1n) is 9.12. The third-order valence-electron chi connectivity index (χ3n) is 4.63. The second-order valence-corrected chi connectivity index (χ2v) is 6.56. The molecule has 1 aliphatic rings. The molecule has 1 aromatic heterocycles. The summed E-state index contributed by atoms with van der Waals surface area (Å²) in [6.45, 7) is 3.00. The summed E-state index contributed by atoms with van der Waals surface area (Å²) < 4.78 is 16.2. The lowest BCUT2D eigenvalue weighted by Crippen LogP contribution is -3.11. The van der Waals surface area contributed by atoms with E-state index in [0.29, 0.717) is 36.6 Å². The summed E-state index contributed by atoms with van der Waals surface area (Å²) in [7, 11) is 3.29. The molecule has 0 spiro atoms. The highest BCUT2D eigenvalue weighted by atomic mass is 16.5. The van der Waals surface area contributed by atoms with Gasteiger partial charge in [0.15, 0.2) is 5.76 Å². The lowest BCUT2D eigenvalue weighted by atomic mass is 10.0. The van der Waals surface area contributed by atoms with E-state index in [-0.39, 0.29) is 17.3 Å². The van der Waals surface area contributed by atoms with Crippen LogP contribution < -0.4 is 14.7 Å². The predicted molar refractivity (Wildman–Crippen MR) is 101 cm³/mol. The van der Waals surface area contributed by atoms with E-state index in [9.17, 15) is 9.90 Å². The van der Waals surface area contributed by atoms with Gasteiger partial charge in [0, 0.05) is 32.2 Å². The average Bonchev–Trinajstić information content (AvgIpc) is 3.02. The maximum absolute atomic E-state index is 12.7. The summed E-state index contributed by atoms with van der Waals surface area (Å²) >= 11 is 0. The fraction of sp³-hybridized carbons (Fsp3) is 0.333. The number of quaternary nitrogens is 1. The molecule has 0 aliphatic carbocycles. The van der Waals surface area contributed by atoms with Gasteiger partial charge in [0.25, 0.3) is 0 Å². The van der Waals surface area contributed by atoms with Crippen LogP contribution in [0.25, 0.3) is 6.08 Å². The molecular weight excluding hydrogens is 360 g/mol. The number of hydrogen-bond acceptors (Lipinski definition) is 6. The van der Waals surface area contributed by atoms with Crippen LogP contribution in [0.4, 0.5) is 0 Å². The number of nitrogens with zero attached hydrogens (tertiary/aromatic N) is 1. The number of methoxy groups -OCH3 is 2. The molecule has 7 nitrogen and oxygen atoms in total. The van der Waals surface area contributed by atoms with E-state index < -0.39 is 0 Å². The molecule has 0 atom stereocenters. The average molecular weight is 384 g/mol. The molecule has 0 amide bonds. The Bertz CT molecular complexity index is 843. The zero-order valence-corrected chi connectivity index (χ0v) is 16.1. The Morgan fingerprint density at radius 1 is 1.18 bits per heavy atom. The van der Waals surface area contributed by atoms with Gasteiger partial charge in [0.05, 0.1) is 18.8 Å². The van der Waals surface area contributed by atoms with Crippen molar-refractivity contribution in [3.8, 4) is 11.5 Å².